The Balaban J connectivity index is 0.000000174. The summed E-state index contributed by atoms with van der Waals surface area (Å²) < 4.78 is 88.3. The summed E-state index contributed by atoms with van der Waals surface area (Å²) in [5.41, 5.74) is 4.15. The van der Waals surface area contributed by atoms with Gasteiger partial charge in [-0.25, -0.2) is 29.9 Å². The highest BCUT2D eigenvalue weighted by molar-refractivity contribution is 5.94. The highest BCUT2D eigenvalue weighted by Gasteiger charge is 2.36. The number of carbonyl (C=O) groups excluding carboxylic acids is 3. The molecule has 0 saturated heterocycles. The number of nitrogens with zero attached hydrogens (tertiary/aromatic N) is 9. The number of amides is 3. The highest BCUT2D eigenvalue weighted by atomic mass is 19.4. The van der Waals surface area contributed by atoms with Crippen molar-refractivity contribution in [1.82, 2.24) is 43.6 Å². The van der Waals surface area contributed by atoms with Crippen LogP contribution in [-0.4, -0.2) is 90.7 Å². The summed E-state index contributed by atoms with van der Waals surface area (Å²) in [6, 6.07) is 31.2. The monoisotopic (exact) mass is 1250 g/mol. The van der Waals surface area contributed by atoms with E-state index in [-0.39, 0.29) is 52.4 Å². The second-order valence-corrected chi connectivity index (χ2v) is 25.7. The first-order chi connectivity index (χ1) is 41.8. The maximum absolute atomic E-state index is 12.8. The Bertz CT molecular complexity index is 4020. The Morgan fingerprint density at radius 2 is 1.02 bits per heavy atom. The quantitative estimate of drug-likeness (QED) is 0.0601. The third-order valence-electron chi connectivity index (χ3n) is 14.4. The van der Waals surface area contributed by atoms with Gasteiger partial charge in [0.05, 0.1) is 29.1 Å². The molecule has 6 heterocycles. The Labute approximate surface area is 516 Å². The maximum Gasteiger partial charge on any atom is 0.573 e. The molecule has 1 aliphatic carbocycles. The van der Waals surface area contributed by atoms with Gasteiger partial charge in [-0.05, 0) is 170 Å². The predicted octanol–water partition coefficient (Wildman–Crippen LogP) is 13.8. The second kappa shape index (κ2) is 25.9. The summed E-state index contributed by atoms with van der Waals surface area (Å²) in [6.45, 7) is 21.2. The first kappa shape index (κ1) is 67.0. The molecule has 478 valence electrons. The molecule has 1 fully saturated rings. The number of hydrogen-bond acceptors (Lipinski definition) is 13. The summed E-state index contributed by atoms with van der Waals surface area (Å²) >= 11 is 0. The van der Waals surface area contributed by atoms with Crippen molar-refractivity contribution in [3.8, 4) is 22.9 Å². The molecule has 6 aromatic heterocycles. The van der Waals surface area contributed by atoms with Gasteiger partial charge in [0, 0.05) is 29.8 Å². The van der Waals surface area contributed by atoms with Crippen molar-refractivity contribution in [2.24, 2.45) is 10.8 Å². The van der Waals surface area contributed by atoms with Crippen LogP contribution in [0.3, 0.4) is 0 Å². The average Bonchev–Trinajstić information content (AvgIpc) is 1.63. The number of hydrogen-bond donors (Lipinski definition) is 5. The molecule has 0 unspecified atom stereocenters. The number of anilines is 3. The minimum atomic E-state index is -4.77. The molecule has 1 saturated carbocycles. The number of carbonyl (C=O) groups is 3. The van der Waals surface area contributed by atoms with Crippen LogP contribution < -0.4 is 25.4 Å². The lowest BCUT2D eigenvalue weighted by Crippen LogP contribution is -2.31. The van der Waals surface area contributed by atoms with Crippen LogP contribution in [0.4, 0.5) is 44.2 Å². The van der Waals surface area contributed by atoms with Gasteiger partial charge in [0.25, 0.3) is 0 Å². The van der Waals surface area contributed by atoms with Gasteiger partial charge in [0.2, 0.25) is 35.6 Å². The van der Waals surface area contributed by atoms with Crippen LogP contribution in [0.5, 0.6) is 11.5 Å². The van der Waals surface area contributed by atoms with Crippen LogP contribution in [0.25, 0.3) is 44.9 Å². The van der Waals surface area contributed by atoms with Gasteiger partial charge in [-0.15, -0.1) is 13.2 Å². The molecular weight excluding hydrogens is 1170 g/mol. The van der Waals surface area contributed by atoms with Crippen LogP contribution in [0.15, 0.2) is 115 Å². The number of aliphatic hydroxyl groups is 2. The molecule has 90 heavy (non-hydrogen) atoms. The van der Waals surface area contributed by atoms with Crippen LogP contribution in [-0.2, 0) is 31.1 Å². The van der Waals surface area contributed by atoms with E-state index in [9.17, 15) is 50.9 Å². The van der Waals surface area contributed by atoms with Gasteiger partial charge in [0.1, 0.15) is 33.7 Å². The van der Waals surface area contributed by atoms with Crippen molar-refractivity contribution in [2.75, 3.05) is 22.6 Å². The molecule has 10 rings (SSSR count). The number of benzene rings is 3. The third-order valence-corrected chi connectivity index (χ3v) is 14.4. The van der Waals surface area contributed by atoms with E-state index in [2.05, 4.69) is 57.5 Å². The smallest absolute Gasteiger partial charge is 0.484 e. The molecule has 0 spiro atoms. The van der Waals surface area contributed by atoms with E-state index in [4.69, 9.17) is 4.74 Å². The van der Waals surface area contributed by atoms with Crippen molar-refractivity contribution in [1.29, 1.82) is 0 Å². The van der Waals surface area contributed by atoms with Crippen LogP contribution in [0, 0.1) is 24.7 Å². The summed E-state index contributed by atoms with van der Waals surface area (Å²) in [7, 11) is 0. The summed E-state index contributed by atoms with van der Waals surface area (Å²) in [5.74, 6) is -0.0179. The standard InChI is InChI=1S/C23H30N4O3.C21H21F3N4O2.C21H23F3N4O2/c1-21(2,3)27-19-16(12-13-17(25-19)22(4,5)29)24-20(27)26-18(28)14-23(6,30)15-10-8-7-9-11-15;1-13-4-9-16-18(25-13)28(14-5-7-15(8-6-14)30-21(22,23)24)19(26-16)27-17(29)12-20(2)10-3-11-20;1-13-5-10-16-18(25-13)28(19(26-16)27-17(29)11-20(2,3)4)14-6-8-15(9-7-14)30-12-21(22,23)24/h7-13,29-30H,14H2,1-6H3,(H,24,26,28);4-9H,3,10-12H2,1-2H3,(H,26,27,29);5-10H,11-12H2,1-4H3,(H,26,27,29)/t23-;;/m0../s1. The van der Waals surface area contributed by atoms with Gasteiger partial charge < -0.3 is 19.7 Å². The normalized spacial score (nSPS) is 14.1. The first-order valence-corrected chi connectivity index (χ1v) is 29.0. The average molecular weight is 1250 g/mol. The molecule has 1 atom stereocenters. The Morgan fingerprint density at radius 3 is 1.49 bits per heavy atom. The number of pyridine rings is 3. The van der Waals surface area contributed by atoms with Crippen molar-refractivity contribution < 1.29 is 60.4 Å². The fourth-order valence-corrected chi connectivity index (χ4v) is 9.98. The van der Waals surface area contributed by atoms with Crippen molar-refractivity contribution in [3.05, 3.63) is 138 Å². The SMILES string of the molecule is CC(C)(O)c1ccc2nc(NC(=O)C[C@](C)(O)c3ccccc3)n(C(C)(C)C)c2n1.Cc1ccc2nc(NC(=O)CC(C)(C)C)n(-c3ccc(OCC(F)(F)F)cc3)c2n1.Cc1ccc2nc(NC(=O)CC3(C)CCC3)n(-c3ccc(OC(F)(F)F)cc3)c2n1. The topological polar surface area (TPSA) is 238 Å². The molecule has 0 radical (unpaired) electrons. The molecule has 9 aromatic rings. The molecule has 5 N–H and O–H groups in total. The van der Waals surface area contributed by atoms with E-state index in [0.717, 1.165) is 30.7 Å². The number of alkyl halides is 6. The van der Waals surface area contributed by atoms with Gasteiger partial charge in [-0.2, -0.15) is 13.2 Å². The maximum atomic E-state index is 12.8. The van der Waals surface area contributed by atoms with Crippen molar-refractivity contribution >= 4 is 69.1 Å². The van der Waals surface area contributed by atoms with Crippen LogP contribution in [0.2, 0.25) is 0 Å². The molecular formula is C65H74F6N12O7. The van der Waals surface area contributed by atoms with Crippen molar-refractivity contribution in [3.63, 3.8) is 0 Å². The van der Waals surface area contributed by atoms with Crippen LogP contribution in [0.1, 0.15) is 130 Å². The fraction of sp³-hybridized carbons (Fsp3) is 0.400. The van der Waals surface area contributed by atoms with Gasteiger partial charge >= 0.3 is 12.5 Å². The zero-order valence-corrected chi connectivity index (χ0v) is 52.1. The lowest BCUT2D eigenvalue weighted by molar-refractivity contribution is -0.274. The molecule has 3 amide bonds. The number of aromatic nitrogens is 9. The van der Waals surface area contributed by atoms with Gasteiger partial charge in [-0.3, -0.25) is 44.0 Å². The molecule has 0 aliphatic heterocycles. The Hall–Kier alpha value is -8.97. The van der Waals surface area contributed by atoms with E-state index >= 15 is 0 Å². The third kappa shape index (κ3) is 17.5. The lowest BCUT2D eigenvalue weighted by Gasteiger charge is -2.37. The van der Waals surface area contributed by atoms with E-state index in [1.54, 1.807) is 84.5 Å². The predicted molar refractivity (Wildman–Crippen MR) is 330 cm³/mol. The summed E-state index contributed by atoms with van der Waals surface area (Å²) in [6.07, 6.45) is -5.46. The van der Waals surface area contributed by atoms with E-state index in [1.165, 1.54) is 36.4 Å². The van der Waals surface area contributed by atoms with E-state index < -0.39 is 35.9 Å². The van der Waals surface area contributed by atoms with E-state index in [1.807, 2.05) is 84.2 Å². The number of halogens is 6. The molecule has 1 aliphatic rings. The van der Waals surface area contributed by atoms with Gasteiger partial charge in [0.15, 0.2) is 23.5 Å². The highest BCUT2D eigenvalue weighted by Crippen LogP contribution is 2.43. The first-order valence-electron chi connectivity index (χ1n) is 29.0. The number of imidazole rings is 3. The van der Waals surface area contributed by atoms with Crippen molar-refractivity contribution in [2.45, 2.75) is 151 Å². The minimum Gasteiger partial charge on any atom is -0.484 e. The zero-order chi connectivity index (χ0) is 65.9. The largest absolute Gasteiger partial charge is 0.573 e. The Kier molecular flexibility index (Phi) is 19.2. The zero-order valence-electron chi connectivity index (χ0n) is 52.1. The number of aryl methyl sites for hydroxylation is 2. The molecule has 0 bridgehead atoms. The number of nitrogens with one attached hydrogen (secondary N) is 3. The number of rotatable bonds is 15. The lowest BCUT2D eigenvalue weighted by atomic mass is 9.68. The summed E-state index contributed by atoms with van der Waals surface area (Å²) in [5, 5.41) is 29.7. The number of ether oxygens (including phenoxy) is 2. The van der Waals surface area contributed by atoms with Crippen LogP contribution >= 0.6 is 0 Å². The summed E-state index contributed by atoms with van der Waals surface area (Å²) in [4.78, 5) is 65.0. The minimum absolute atomic E-state index is 0.00630. The van der Waals surface area contributed by atoms with Gasteiger partial charge in [-0.1, -0.05) is 64.4 Å². The fourth-order valence-electron chi connectivity index (χ4n) is 9.98. The number of fused-ring (bicyclic) bond motifs is 3. The molecule has 3 aromatic carbocycles. The Morgan fingerprint density at radius 1 is 0.556 bits per heavy atom. The molecule has 19 nitrogen and oxygen atoms in total. The van der Waals surface area contributed by atoms with E-state index in [0.29, 0.717) is 80.9 Å². The molecule has 25 heteroatoms. The second-order valence-electron chi connectivity index (χ2n) is 25.7.